The summed E-state index contributed by atoms with van der Waals surface area (Å²) in [6, 6.07) is 9.93. The van der Waals surface area contributed by atoms with Crippen LogP contribution in [0.5, 0.6) is 0 Å². The second-order valence-corrected chi connectivity index (χ2v) is 6.70. The Morgan fingerprint density at radius 3 is 2.81 bits per heavy atom. The minimum absolute atomic E-state index is 0.0170. The van der Waals surface area contributed by atoms with Gasteiger partial charge in [0, 0.05) is 25.4 Å². The molecule has 9 nitrogen and oxygen atoms in total. The fourth-order valence-electron chi connectivity index (χ4n) is 3.80. The van der Waals surface area contributed by atoms with Crippen molar-refractivity contribution in [1.82, 2.24) is 25.2 Å². The number of aryl methyl sites for hydroxylation is 1. The van der Waals surface area contributed by atoms with E-state index in [1.165, 1.54) is 0 Å². The van der Waals surface area contributed by atoms with Gasteiger partial charge in [0.2, 0.25) is 0 Å². The molecular weight excluding hydrogens is 346 g/mol. The lowest BCUT2D eigenvalue weighted by molar-refractivity contribution is 0.135. The van der Waals surface area contributed by atoms with Crippen LogP contribution in [0.3, 0.4) is 0 Å². The van der Waals surface area contributed by atoms with E-state index >= 15 is 0 Å². The molecule has 1 saturated heterocycles. The van der Waals surface area contributed by atoms with Crippen LogP contribution < -0.4 is 10.6 Å². The minimum atomic E-state index is -0.315. The van der Waals surface area contributed by atoms with Gasteiger partial charge in [-0.05, 0) is 46.2 Å². The van der Waals surface area contributed by atoms with Gasteiger partial charge in [-0.2, -0.15) is 0 Å². The van der Waals surface area contributed by atoms with E-state index in [1.54, 1.807) is 22.8 Å². The van der Waals surface area contributed by atoms with Crippen LogP contribution in [-0.2, 0) is 18.2 Å². The van der Waals surface area contributed by atoms with Gasteiger partial charge in [0.05, 0.1) is 11.7 Å². The Balaban J connectivity index is 1.46. The van der Waals surface area contributed by atoms with E-state index in [-0.39, 0.29) is 18.2 Å². The van der Waals surface area contributed by atoms with Gasteiger partial charge in [0.15, 0.2) is 5.82 Å². The molecule has 0 spiro atoms. The first-order valence-corrected chi connectivity index (χ1v) is 8.67. The third-order valence-electron chi connectivity index (χ3n) is 5.16. The van der Waals surface area contributed by atoms with Gasteiger partial charge in [-0.3, -0.25) is 9.88 Å². The SMILES string of the molecule is Cn1nnnc1-c1ccc(-c2ccc3c(c2)CC2C(CN)OC(=O)N32)cn1. The van der Waals surface area contributed by atoms with Crippen molar-refractivity contribution in [2.24, 2.45) is 12.8 Å². The molecule has 1 aromatic carbocycles. The van der Waals surface area contributed by atoms with E-state index in [4.69, 9.17) is 10.5 Å². The minimum Gasteiger partial charge on any atom is -0.442 e. The van der Waals surface area contributed by atoms with Gasteiger partial charge in [-0.1, -0.05) is 12.1 Å². The number of hydrogen-bond acceptors (Lipinski definition) is 7. The monoisotopic (exact) mass is 363 g/mol. The summed E-state index contributed by atoms with van der Waals surface area (Å²) in [6.45, 7) is 0.329. The maximum atomic E-state index is 12.1. The first-order valence-electron chi connectivity index (χ1n) is 8.67. The molecule has 1 fully saturated rings. The van der Waals surface area contributed by atoms with Crippen molar-refractivity contribution in [2.75, 3.05) is 11.4 Å². The molecule has 2 unspecified atom stereocenters. The highest BCUT2D eigenvalue weighted by Crippen LogP contribution is 2.40. The summed E-state index contributed by atoms with van der Waals surface area (Å²) in [5.74, 6) is 0.613. The van der Waals surface area contributed by atoms with Crippen LogP contribution >= 0.6 is 0 Å². The molecule has 0 radical (unpaired) electrons. The third-order valence-corrected chi connectivity index (χ3v) is 5.16. The number of pyridine rings is 1. The quantitative estimate of drug-likeness (QED) is 0.743. The Bertz CT molecular complexity index is 1030. The van der Waals surface area contributed by atoms with E-state index in [9.17, 15) is 4.79 Å². The number of cyclic esters (lactones) is 1. The normalized spacial score (nSPS) is 20.5. The van der Waals surface area contributed by atoms with Crippen LogP contribution in [0.4, 0.5) is 10.5 Å². The van der Waals surface area contributed by atoms with E-state index in [0.29, 0.717) is 18.1 Å². The maximum absolute atomic E-state index is 12.1. The highest BCUT2D eigenvalue weighted by molar-refractivity contribution is 5.94. The van der Waals surface area contributed by atoms with Crippen molar-refractivity contribution < 1.29 is 9.53 Å². The molecule has 2 aliphatic heterocycles. The number of ether oxygens (including phenoxy) is 1. The Morgan fingerprint density at radius 2 is 2.11 bits per heavy atom. The van der Waals surface area contributed by atoms with Crippen molar-refractivity contribution in [3.05, 3.63) is 42.1 Å². The lowest BCUT2D eigenvalue weighted by atomic mass is 10.0. The summed E-state index contributed by atoms with van der Waals surface area (Å²) in [5.41, 5.74) is 10.5. The molecule has 0 bridgehead atoms. The van der Waals surface area contributed by atoms with Gasteiger partial charge in [0.1, 0.15) is 11.8 Å². The van der Waals surface area contributed by atoms with Crippen LogP contribution in [0, 0.1) is 0 Å². The smallest absolute Gasteiger partial charge is 0.415 e. The molecular formula is C18H17N7O2. The predicted molar refractivity (Wildman–Crippen MR) is 96.8 cm³/mol. The van der Waals surface area contributed by atoms with Crippen LogP contribution in [0.2, 0.25) is 0 Å². The van der Waals surface area contributed by atoms with Crippen LogP contribution in [-0.4, -0.2) is 50.0 Å². The van der Waals surface area contributed by atoms with E-state index < -0.39 is 0 Å². The topological polar surface area (TPSA) is 112 Å². The van der Waals surface area contributed by atoms with Crippen LogP contribution in [0.15, 0.2) is 36.5 Å². The molecule has 0 saturated carbocycles. The molecule has 1 amide bonds. The molecule has 2 atom stereocenters. The number of carbonyl (C=O) groups excluding carboxylic acids is 1. The number of fused-ring (bicyclic) bond motifs is 3. The number of rotatable bonds is 3. The largest absolute Gasteiger partial charge is 0.442 e. The molecule has 3 aromatic rings. The Labute approximate surface area is 154 Å². The molecule has 9 heteroatoms. The Morgan fingerprint density at radius 1 is 1.26 bits per heavy atom. The first-order chi connectivity index (χ1) is 13.2. The van der Waals surface area contributed by atoms with Crippen LogP contribution in [0.1, 0.15) is 5.56 Å². The molecule has 5 rings (SSSR count). The zero-order valence-corrected chi connectivity index (χ0v) is 14.6. The Hall–Kier alpha value is -3.33. The number of aromatic nitrogens is 5. The maximum Gasteiger partial charge on any atom is 0.415 e. The fourth-order valence-corrected chi connectivity index (χ4v) is 3.80. The molecule has 2 aliphatic rings. The van der Waals surface area contributed by atoms with Crippen molar-refractivity contribution in [3.8, 4) is 22.6 Å². The predicted octanol–water partition coefficient (Wildman–Crippen LogP) is 1.15. The molecule has 136 valence electrons. The van der Waals surface area contributed by atoms with Crippen molar-refractivity contribution in [2.45, 2.75) is 18.6 Å². The average molecular weight is 363 g/mol. The third kappa shape index (κ3) is 2.39. The highest BCUT2D eigenvalue weighted by Gasteiger charge is 2.46. The number of hydrogen-bond donors (Lipinski definition) is 1. The summed E-state index contributed by atoms with van der Waals surface area (Å²) >= 11 is 0. The van der Waals surface area contributed by atoms with E-state index in [2.05, 4.69) is 26.6 Å². The lowest BCUT2D eigenvalue weighted by Crippen LogP contribution is -2.37. The summed E-state index contributed by atoms with van der Waals surface area (Å²) < 4.78 is 6.92. The molecule has 4 heterocycles. The zero-order valence-electron chi connectivity index (χ0n) is 14.6. The highest BCUT2D eigenvalue weighted by atomic mass is 16.6. The van der Waals surface area contributed by atoms with Gasteiger partial charge in [0.25, 0.3) is 0 Å². The second-order valence-electron chi connectivity index (χ2n) is 6.70. The molecule has 2 aromatic heterocycles. The van der Waals surface area contributed by atoms with Gasteiger partial charge in [-0.15, -0.1) is 5.10 Å². The summed E-state index contributed by atoms with van der Waals surface area (Å²) in [7, 11) is 1.78. The zero-order chi connectivity index (χ0) is 18.5. The fraction of sp³-hybridized carbons (Fsp3) is 0.278. The number of benzene rings is 1. The van der Waals surface area contributed by atoms with Crippen molar-refractivity contribution in [3.63, 3.8) is 0 Å². The molecule has 27 heavy (non-hydrogen) atoms. The number of nitrogens with two attached hydrogens (primary N) is 1. The van der Waals surface area contributed by atoms with Gasteiger partial charge >= 0.3 is 6.09 Å². The lowest BCUT2D eigenvalue weighted by Gasteiger charge is -2.14. The van der Waals surface area contributed by atoms with E-state index in [0.717, 1.165) is 28.8 Å². The number of carbonyl (C=O) groups is 1. The van der Waals surface area contributed by atoms with Gasteiger partial charge < -0.3 is 10.5 Å². The standard InChI is InChI=1S/C18H17N7O2/c1-24-17(21-22-23-24)13-4-2-11(9-20-13)10-3-5-14-12(6-10)7-15-16(8-19)27-18(26)25(14)15/h2-6,9,15-16H,7-8,19H2,1H3. The van der Waals surface area contributed by atoms with Crippen molar-refractivity contribution in [1.29, 1.82) is 0 Å². The summed E-state index contributed by atoms with van der Waals surface area (Å²) in [5, 5.41) is 11.4. The first kappa shape index (κ1) is 15.9. The van der Waals surface area contributed by atoms with Crippen molar-refractivity contribution >= 4 is 11.8 Å². The number of nitrogens with zero attached hydrogens (tertiary/aromatic N) is 6. The number of anilines is 1. The van der Waals surface area contributed by atoms with E-state index in [1.807, 2.05) is 24.3 Å². The summed E-state index contributed by atoms with van der Waals surface area (Å²) in [4.78, 5) is 18.3. The van der Waals surface area contributed by atoms with Crippen LogP contribution in [0.25, 0.3) is 22.6 Å². The number of amides is 1. The average Bonchev–Trinajstić information content (AvgIpc) is 3.36. The molecule has 2 N–H and O–H groups in total. The number of tetrazole rings is 1. The summed E-state index contributed by atoms with van der Waals surface area (Å²) in [6.07, 6.45) is 1.98. The Kier molecular flexibility index (Phi) is 3.44. The second kappa shape index (κ2) is 5.85. The van der Waals surface area contributed by atoms with Gasteiger partial charge in [-0.25, -0.2) is 9.48 Å². The molecule has 0 aliphatic carbocycles.